The van der Waals surface area contributed by atoms with Crippen LogP contribution in [0.3, 0.4) is 0 Å². The summed E-state index contributed by atoms with van der Waals surface area (Å²) >= 11 is 6.35. The van der Waals surface area contributed by atoms with Crippen molar-refractivity contribution in [1.29, 1.82) is 0 Å². The maximum Gasteiger partial charge on any atom is 0.138 e. The molecular formula is C20H23ClO2. The Kier molecular flexibility index (Phi) is 5.24. The van der Waals surface area contributed by atoms with Gasteiger partial charge < -0.3 is 9.84 Å². The number of benzene rings is 2. The number of hydrogen-bond acceptors (Lipinski definition) is 2. The first-order valence-corrected chi connectivity index (χ1v) is 8.70. The van der Waals surface area contributed by atoms with Gasteiger partial charge in [-0.05, 0) is 36.1 Å². The summed E-state index contributed by atoms with van der Waals surface area (Å²) < 4.78 is 5.80. The van der Waals surface area contributed by atoms with E-state index >= 15 is 0 Å². The van der Waals surface area contributed by atoms with Gasteiger partial charge in [-0.1, -0.05) is 67.3 Å². The molecule has 0 amide bonds. The predicted molar refractivity (Wildman–Crippen MR) is 94.0 cm³/mol. The summed E-state index contributed by atoms with van der Waals surface area (Å²) in [5.74, 6) is 0.690. The summed E-state index contributed by atoms with van der Waals surface area (Å²) in [6, 6.07) is 15.9. The molecule has 0 spiro atoms. The first kappa shape index (κ1) is 16.4. The minimum Gasteiger partial charge on any atom is -0.487 e. The maximum atomic E-state index is 10.7. The molecule has 2 aromatic carbocycles. The first-order valence-electron chi connectivity index (χ1n) is 8.32. The van der Waals surface area contributed by atoms with Gasteiger partial charge in [0.05, 0.1) is 10.6 Å². The van der Waals surface area contributed by atoms with Gasteiger partial charge in [0.15, 0.2) is 0 Å². The fourth-order valence-electron chi connectivity index (χ4n) is 3.27. The van der Waals surface area contributed by atoms with E-state index in [9.17, 15) is 5.11 Å². The van der Waals surface area contributed by atoms with Crippen LogP contribution < -0.4 is 4.74 Å². The fourth-order valence-corrected chi connectivity index (χ4v) is 3.53. The quantitative estimate of drug-likeness (QED) is 0.820. The summed E-state index contributed by atoms with van der Waals surface area (Å²) in [7, 11) is 0. The van der Waals surface area contributed by atoms with Gasteiger partial charge in [-0.2, -0.15) is 0 Å². The summed E-state index contributed by atoms with van der Waals surface area (Å²) in [5, 5.41) is 11.3. The zero-order valence-electron chi connectivity index (χ0n) is 13.3. The Bertz CT molecular complexity index is 633. The molecule has 1 aliphatic rings. The zero-order chi connectivity index (χ0) is 16.1. The molecule has 23 heavy (non-hydrogen) atoms. The van der Waals surface area contributed by atoms with Crippen LogP contribution in [0.1, 0.15) is 43.2 Å². The average Bonchev–Trinajstić information content (AvgIpc) is 2.55. The molecule has 1 saturated carbocycles. The molecule has 0 radical (unpaired) electrons. The Hall–Kier alpha value is -1.51. The Labute approximate surface area is 143 Å². The van der Waals surface area contributed by atoms with Crippen LogP contribution in [0, 0.1) is 0 Å². The Morgan fingerprint density at radius 3 is 2.39 bits per heavy atom. The molecule has 2 nitrogen and oxygen atoms in total. The minimum absolute atomic E-state index is 0.504. The second-order valence-corrected chi connectivity index (χ2v) is 6.91. The highest BCUT2D eigenvalue weighted by atomic mass is 35.5. The molecule has 0 unspecified atom stereocenters. The molecule has 2 aromatic rings. The third-order valence-corrected chi connectivity index (χ3v) is 4.85. The maximum absolute atomic E-state index is 10.7. The minimum atomic E-state index is -0.562. The molecule has 0 bridgehead atoms. The molecule has 0 aliphatic heterocycles. The van der Waals surface area contributed by atoms with Gasteiger partial charge in [0, 0.05) is 6.42 Å². The monoisotopic (exact) mass is 330 g/mol. The van der Waals surface area contributed by atoms with Crippen molar-refractivity contribution >= 4 is 11.6 Å². The van der Waals surface area contributed by atoms with E-state index in [1.54, 1.807) is 0 Å². The largest absolute Gasteiger partial charge is 0.487 e. The molecule has 3 rings (SSSR count). The molecule has 1 aliphatic carbocycles. The standard InChI is InChI=1S/C20H23ClO2/c21-18-13-17(14-20(22)11-5-2-6-12-20)9-10-19(18)23-15-16-7-3-1-4-8-16/h1,3-4,7-10,13,22H,2,5-6,11-12,14-15H2. The Morgan fingerprint density at radius 2 is 1.70 bits per heavy atom. The average molecular weight is 331 g/mol. The van der Waals surface area contributed by atoms with Crippen molar-refractivity contribution in [3.8, 4) is 5.75 Å². The smallest absolute Gasteiger partial charge is 0.138 e. The van der Waals surface area contributed by atoms with Crippen LogP contribution in [0.25, 0.3) is 0 Å². The van der Waals surface area contributed by atoms with Crippen LogP contribution >= 0.6 is 11.6 Å². The van der Waals surface area contributed by atoms with Crippen molar-refractivity contribution in [1.82, 2.24) is 0 Å². The topological polar surface area (TPSA) is 29.5 Å². The van der Waals surface area contributed by atoms with Crippen molar-refractivity contribution in [3.05, 3.63) is 64.7 Å². The van der Waals surface area contributed by atoms with Gasteiger partial charge in [-0.3, -0.25) is 0 Å². The van der Waals surface area contributed by atoms with Crippen molar-refractivity contribution in [2.75, 3.05) is 0 Å². The lowest BCUT2D eigenvalue weighted by Crippen LogP contribution is -2.33. The van der Waals surface area contributed by atoms with Gasteiger partial charge in [0.2, 0.25) is 0 Å². The SMILES string of the molecule is OC1(Cc2ccc(OCc3ccccc3)c(Cl)c2)CCCCC1. The highest BCUT2D eigenvalue weighted by molar-refractivity contribution is 6.32. The van der Waals surface area contributed by atoms with Crippen molar-refractivity contribution in [2.24, 2.45) is 0 Å². The van der Waals surface area contributed by atoms with Gasteiger partial charge in [-0.15, -0.1) is 0 Å². The van der Waals surface area contributed by atoms with E-state index < -0.39 is 5.60 Å². The third-order valence-electron chi connectivity index (χ3n) is 4.55. The Morgan fingerprint density at radius 1 is 0.957 bits per heavy atom. The van der Waals surface area contributed by atoms with Crippen LogP contribution in [0.4, 0.5) is 0 Å². The summed E-state index contributed by atoms with van der Waals surface area (Å²) in [4.78, 5) is 0. The van der Waals surface area contributed by atoms with Crippen LogP contribution in [0.15, 0.2) is 48.5 Å². The lowest BCUT2D eigenvalue weighted by Gasteiger charge is -2.32. The normalized spacial score (nSPS) is 17.0. The highest BCUT2D eigenvalue weighted by Gasteiger charge is 2.29. The first-order chi connectivity index (χ1) is 11.1. The van der Waals surface area contributed by atoms with Gasteiger partial charge in [0.25, 0.3) is 0 Å². The van der Waals surface area contributed by atoms with Crippen molar-refractivity contribution in [3.63, 3.8) is 0 Å². The molecule has 0 heterocycles. The molecule has 0 atom stereocenters. The van der Waals surface area contributed by atoms with E-state index in [0.29, 0.717) is 23.8 Å². The molecule has 0 aromatic heterocycles. The summed E-state index contributed by atoms with van der Waals surface area (Å²) in [6.07, 6.45) is 5.90. The lowest BCUT2D eigenvalue weighted by atomic mass is 9.80. The molecule has 1 fully saturated rings. The highest BCUT2D eigenvalue weighted by Crippen LogP contribution is 2.33. The number of ether oxygens (including phenoxy) is 1. The molecular weight excluding hydrogens is 308 g/mol. The second-order valence-electron chi connectivity index (χ2n) is 6.50. The van der Waals surface area contributed by atoms with E-state index in [1.807, 2.05) is 48.5 Å². The van der Waals surface area contributed by atoms with Gasteiger partial charge in [0.1, 0.15) is 12.4 Å². The van der Waals surface area contributed by atoms with Gasteiger partial charge in [-0.25, -0.2) is 0 Å². The van der Waals surface area contributed by atoms with E-state index in [0.717, 1.165) is 36.8 Å². The molecule has 0 saturated heterocycles. The molecule has 1 N–H and O–H groups in total. The second kappa shape index (κ2) is 7.37. The van der Waals surface area contributed by atoms with E-state index in [-0.39, 0.29) is 0 Å². The number of halogens is 1. The predicted octanol–water partition coefficient (Wildman–Crippen LogP) is 5.16. The number of rotatable bonds is 5. The Balaban J connectivity index is 1.63. The van der Waals surface area contributed by atoms with Crippen molar-refractivity contribution < 1.29 is 9.84 Å². The van der Waals surface area contributed by atoms with Crippen LogP contribution in [-0.2, 0) is 13.0 Å². The number of hydrogen-bond donors (Lipinski definition) is 1. The van der Waals surface area contributed by atoms with E-state index in [2.05, 4.69) is 0 Å². The third kappa shape index (κ3) is 4.49. The zero-order valence-corrected chi connectivity index (χ0v) is 14.1. The van der Waals surface area contributed by atoms with Crippen molar-refractivity contribution in [2.45, 2.75) is 50.7 Å². The van der Waals surface area contributed by atoms with Crippen LogP contribution in [-0.4, -0.2) is 10.7 Å². The summed E-state index contributed by atoms with van der Waals surface area (Å²) in [6.45, 7) is 0.504. The molecule has 122 valence electrons. The van der Waals surface area contributed by atoms with Crippen LogP contribution in [0.5, 0.6) is 5.75 Å². The van der Waals surface area contributed by atoms with E-state index in [4.69, 9.17) is 16.3 Å². The van der Waals surface area contributed by atoms with Crippen LogP contribution in [0.2, 0.25) is 5.02 Å². The summed E-state index contributed by atoms with van der Waals surface area (Å²) in [5.41, 5.74) is 1.63. The van der Waals surface area contributed by atoms with Gasteiger partial charge >= 0.3 is 0 Å². The molecule has 3 heteroatoms. The van der Waals surface area contributed by atoms with E-state index in [1.165, 1.54) is 6.42 Å². The fraction of sp³-hybridized carbons (Fsp3) is 0.400. The number of aliphatic hydroxyl groups is 1. The lowest BCUT2D eigenvalue weighted by molar-refractivity contribution is 0.00448.